The van der Waals surface area contributed by atoms with Crippen LogP contribution in [0.25, 0.3) is 0 Å². The van der Waals surface area contributed by atoms with Gasteiger partial charge in [-0.2, -0.15) is 0 Å². The van der Waals surface area contributed by atoms with E-state index in [2.05, 4.69) is 29.9 Å². The van der Waals surface area contributed by atoms with Gasteiger partial charge in [-0.05, 0) is 19.3 Å². The molecule has 0 fully saturated rings. The number of carboxylic acids is 1. The molecular weight excluding hydrogens is 352 g/mol. The van der Waals surface area contributed by atoms with Gasteiger partial charge in [0.15, 0.2) is 0 Å². The summed E-state index contributed by atoms with van der Waals surface area (Å²) in [4.78, 5) is 30.8. The molecular formula is C19H40O6Si. The van der Waals surface area contributed by atoms with Crippen LogP contribution in [0.15, 0.2) is 0 Å². The highest BCUT2D eigenvalue weighted by atomic mass is 28.2. The Balaban J connectivity index is -0.000000306. The van der Waals surface area contributed by atoms with E-state index >= 15 is 0 Å². The molecule has 0 aliphatic rings. The molecule has 0 aromatic carbocycles. The maximum atomic E-state index is 10.5. The largest absolute Gasteiger partial charge is 0.529 e. The number of esters is 1. The van der Waals surface area contributed by atoms with Gasteiger partial charge < -0.3 is 14.3 Å². The first-order valence-corrected chi connectivity index (χ1v) is 10.6. The molecule has 0 aliphatic carbocycles. The molecule has 0 amide bonds. The van der Waals surface area contributed by atoms with Gasteiger partial charge in [0.25, 0.3) is 5.97 Å². The molecule has 0 rings (SSSR count). The number of rotatable bonds is 12. The van der Waals surface area contributed by atoms with E-state index in [4.69, 9.17) is 5.11 Å². The summed E-state index contributed by atoms with van der Waals surface area (Å²) < 4.78 is 9.05. The van der Waals surface area contributed by atoms with Gasteiger partial charge in [0.1, 0.15) is 0 Å². The molecule has 1 N–H and O–H groups in total. The van der Waals surface area contributed by atoms with Crippen LogP contribution in [0.3, 0.4) is 0 Å². The molecule has 6 nitrogen and oxygen atoms in total. The van der Waals surface area contributed by atoms with Gasteiger partial charge in [-0.15, -0.1) is 0 Å². The molecule has 0 aliphatic heterocycles. The summed E-state index contributed by atoms with van der Waals surface area (Å²) >= 11 is 0. The van der Waals surface area contributed by atoms with Gasteiger partial charge in [-0.25, -0.2) is 0 Å². The highest BCUT2D eigenvalue weighted by Crippen LogP contribution is 1.99. The Morgan fingerprint density at radius 1 is 0.731 bits per heavy atom. The molecule has 0 unspecified atom stereocenters. The molecule has 26 heavy (non-hydrogen) atoms. The molecule has 0 atom stereocenters. The fourth-order valence-corrected chi connectivity index (χ4v) is 1.97. The molecule has 0 aromatic rings. The van der Waals surface area contributed by atoms with Crippen molar-refractivity contribution in [1.29, 1.82) is 0 Å². The normalized spacial score (nSPS) is 9.23. The fourth-order valence-electron chi connectivity index (χ4n) is 1.77. The van der Waals surface area contributed by atoms with Crippen molar-refractivity contribution in [2.75, 3.05) is 7.11 Å². The Labute approximate surface area is 162 Å². The zero-order valence-corrected chi connectivity index (χ0v) is 19.5. The van der Waals surface area contributed by atoms with E-state index in [-0.39, 0.29) is 11.9 Å². The van der Waals surface area contributed by atoms with Gasteiger partial charge >= 0.3 is 11.9 Å². The van der Waals surface area contributed by atoms with Crippen LogP contribution >= 0.6 is 0 Å². The van der Waals surface area contributed by atoms with Crippen LogP contribution in [0.1, 0.15) is 97.8 Å². The van der Waals surface area contributed by atoms with Gasteiger partial charge in [-0.1, -0.05) is 59.3 Å². The lowest BCUT2D eigenvalue weighted by Crippen LogP contribution is -1.99. The molecule has 0 saturated heterocycles. The van der Waals surface area contributed by atoms with Crippen LogP contribution in [0.2, 0.25) is 0 Å². The number of ether oxygens (including phenoxy) is 1. The molecule has 0 spiro atoms. The third-order valence-electron chi connectivity index (χ3n) is 3.42. The minimum atomic E-state index is -0.682. The predicted octanol–water partition coefficient (Wildman–Crippen LogP) is 3.78. The second kappa shape index (κ2) is 25.9. The van der Waals surface area contributed by atoms with Crippen molar-refractivity contribution in [2.24, 2.45) is 0 Å². The smallest absolute Gasteiger partial charge is 0.305 e. The number of carbonyl (C=O) groups excluding carboxylic acids is 2. The zero-order chi connectivity index (χ0) is 20.6. The third kappa shape index (κ3) is 34.1. The first-order valence-electron chi connectivity index (χ1n) is 9.74. The van der Waals surface area contributed by atoms with Crippen molar-refractivity contribution < 1.29 is 28.7 Å². The number of carboxylic acid groups (broad SMARTS) is 1. The SMILES string of the molecule is CCCCCC(=O)O.CCCCCC(=O)OC.CCCCCC(=O)O[SiH3]. The number of hydrogen-bond donors (Lipinski definition) is 1. The van der Waals surface area contributed by atoms with Gasteiger partial charge in [-0.3, -0.25) is 14.4 Å². The second-order valence-corrected chi connectivity index (χ2v) is 6.33. The summed E-state index contributed by atoms with van der Waals surface area (Å²) in [6.45, 7) is 6.28. The first kappa shape index (κ1) is 29.4. The molecule has 0 heterocycles. The topological polar surface area (TPSA) is 89.9 Å². The Morgan fingerprint density at radius 3 is 1.42 bits per heavy atom. The van der Waals surface area contributed by atoms with E-state index in [1.54, 1.807) is 0 Å². The van der Waals surface area contributed by atoms with E-state index < -0.39 is 5.97 Å². The lowest BCUT2D eigenvalue weighted by Gasteiger charge is -1.96. The van der Waals surface area contributed by atoms with Crippen LogP contribution in [0.5, 0.6) is 0 Å². The number of methoxy groups -OCH3 is 1. The van der Waals surface area contributed by atoms with Crippen molar-refractivity contribution in [3.63, 3.8) is 0 Å². The maximum absolute atomic E-state index is 10.5. The standard InChI is InChI=1S/C7H14O2.C6H14O2Si.C6H12O2/c1-3-4-5-6-7(8)9-2;1-2-3-4-5-6(7)8-9;1-2-3-4-5-6(7)8/h3-6H2,1-2H3;2-5H2,1,9H3;2-5H2,1H3,(H,7,8). The minimum absolute atomic E-state index is 0.0323. The number of unbranched alkanes of at least 4 members (excludes halogenated alkanes) is 6. The summed E-state index contributed by atoms with van der Waals surface area (Å²) in [6.07, 6.45) is 11.0. The Morgan fingerprint density at radius 2 is 1.12 bits per heavy atom. The highest BCUT2D eigenvalue weighted by molar-refractivity contribution is 6.05. The number of hydrogen-bond acceptors (Lipinski definition) is 5. The molecule has 0 radical (unpaired) electrons. The van der Waals surface area contributed by atoms with Crippen LogP contribution in [-0.2, 0) is 23.5 Å². The fraction of sp³-hybridized carbons (Fsp3) is 0.842. The summed E-state index contributed by atoms with van der Waals surface area (Å²) in [7, 11) is 1.97. The average Bonchev–Trinajstić information content (AvgIpc) is 2.63. The second-order valence-electron chi connectivity index (χ2n) is 5.92. The minimum Gasteiger partial charge on any atom is -0.529 e. The highest BCUT2D eigenvalue weighted by Gasteiger charge is 1.97. The Hall–Kier alpha value is -1.37. The zero-order valence-electron chi connectivity index (χ0n) is 17.5. The summed E-state index contributed by atoms with van der Waals surface area (Å²) in [6, 6.07) is 0. The van der Waals surface area contributed by atoms with Crippen LogP contribution < -0.4 is 0 Å². The molecule has 7 heteroatoms. The van der Waals surface area contributed by atoms with Crippen molar-refractivity contribution in [3.05, 3.63) is 0 Å². The third-order valence-corrected chi connectivity index (χ3v) is 3.87. The lowest BCUT2D eigenvalue weighted by molar-refractivity contribution is -0.141. The number of carbonyl (C=O) groups is 3. The summed E-state index contributed by atoms with van der Waals surface area (Å²) in [5, 5.41) is 8.14. The average molecular weight is 393 g/mol. The summed E-state index contributed by atoms with van der Waals surface area (Å²) in [5.41, 5.74) is 0. The molecule has 0 saturated carbocycles. The van der Waals surface area contributed by atoms with Gasteiger partial charge in [0.05, 0.1) is 7.11 Å². The monoisotopic (exact) mass is 392 g/mol. The van der Waals surface area contributed by atoms with Crippen LogP contribution in [-0.4, -0.2) is 40.6 Å². The van der Waals surface area contributed by atoms with Gasteiger partial charge in [0, 0.05) is 19.3 Å². The lowest BCUT2D eigenvalue weighted by atomic mass is 10.2. The summed E-state index contributed by atoms with van der Waals surface area (Å²) in [5.74, 6) is -0.808. The van der Waals surface area contributed by atoms with Crippen LogP contribution in [0.4, 0.5) is 0 Å². The molecule has 0 bridgehead atoms. The van der Waals surface area contributed by atoms with E-state index in [0.717, 1.165) is 57.8 Å². The molecule has 156 valence electrons. The number of aliphatic carboxylic acids is 1. The van der Waals surface area contributed by atoms with Crippen molar-refractivity contribution in [2.45, 2.75) is 97.8 Å². The quantitative estimate of drug-likeness (QED) is 0.309. The van der Waals surface area contributed by atoms with Crippen molar-refractivity contribution >= 4 is 28.4 Å². The van der Waals surface area contributed by atoms with E-state index in [0.29, 0.717) is 29.7 Å². The van der Waals surface area contributed by atoms with Crippen molar-refractivity contribution in [3.8, 4) is 0 Å². The Bertz CT molecular complexity index is 312. The van der Waals surface area contributed by atoms with Crippen molar-refractivity contribution in [1.82, 2.24) is 0 Å². The molecule has 0 aromatic heterocycles. The van der Waals surface area contributed by atoms with Gasteiger partial charge in [0.2, 0.25) is 10.5 Å². The van der Waals surface area contributed by atoms with E-state index in [9.17, 15) is 14.4 Å². The maximum Gasteiger partial charge on any atom is 0.305 e. The first-order chi connectivity index (χ1) is 12.4. The van der Waals surface area contributed by atoms with E-state index in [1.165, 1.54) is 7.11 Å². The van der Waals surface area contributed by atoms with E-state index in [1.807, 2.05) is 0 Å². The predicted molar refractivity (Wildman–Crippen MR) is 108 cm³/mol. The van der Waals surface area contributed by atoms with Crippen LogP contribution in [0, 0.1) is 0 Å². The Kier molecular flexibility index (Phi) is 29.2.